The molecule has 130 valence electrons. The highest BCUT2D eigenvalue weighted by molar-refractivity contribution is 6.74. The first-order valence-electron chi connectivity index (χ1n) is 7.75. The van der Waals surface area contributed by atoms with Gasteiger partial charge in [0, 0.05) is 29.7 Å². The van der Waals surface area contributed by atoms with Gasteiger partial charge in [0.25, 0.3) is 5.69 Å². The number of hydrogen-bond acceptors (Lipinski definition) is 4. The number of nitrogens with one attached hydrogen (secondary N) is 1. The predicted octanol–water partition coefficient (Wildman–Crippen LogP) is 4.75. The Morgan fingerprint density at radius 3 is 2.52 bits per heavy atom. The Kier molecular flexibility index (Phi) is 6.77. The summed E-state index contributed by atoms with van der Waals surface area (Å²) in [5, 5.41) is 14.8. The molecule has 7 heteroatoms. The summed E-state index contributed by atoms with van der Waals surface area (Å²) < 4.78 is 6.26. The van der Waals surface area contributed by atoms with Crippen LogP contribution in [0.15, 0.2) is 18.2 Å². The molecule has 1 rings (SSSR count). The van der Waals surface area contributed by atoms with E-state index in [1.807, 2.05) is 6.92 Å². The van der Waals surface area contributed by atoms with Gasteiger partial charge in [-0.15, -0.1) is 0 Å². The first kappa shape index (κ1) is 20.1. The van der Waals surface area contributed by atoms with Crippen molar-refractivity contribution in [3.8, 4) is 0 Å². The number of nitro benzene ring substituents is 1. The predicted molar refractivity (Wildman–Crippen MR) is 97.6 cm³/mol. The van der Waals surface area contributed by atoms with Crippen molar-refractivity contribution in [2.24, 2.45) is 0 Å². The molecule has 0 aliphatic rings. The Balaban J connectivity index is 2.59. The average Bonchev–Trinajstić information content (AvgIpc) is 2.38. The number of halogens is 1. The van der Waals surface area contributed by atoms with Crippen molar-refractivity contribution in [1.29, 1.82) is 0 Å². The molecule has 0 aromatic heterocycles. The highest BCUT2D eigenvalue weighted by Crippen LogP contribution is 2.37. The zero-order chi connectivity index (χ0) is 17.8. The van der Waals surface area contributed by atoms with Gasteiger partial charge in [-0.1, -0.05) is 32.4 Å². The van der Waals surface area contributed by atoms with E-state index in [1.54, 1.807) is 12.1 Å². The van der Waals surface area contributed by atoms with Crippen LogP contribution in [-0.4, -0.2) is 25.9 Å². The summed E-state index contributed by atoms with van der Waals surface area (Å²) in [6.07, 6.45) is 0.0576. The maximum atomic E-state index is 11.1. The molecule has 0 saturated carbocycles. The van der Waals surface area contributed by atoms with E-state index >= 15 is 0 Å². The van der Waals surface area contributed by atoms with Crippen LogP contribution in [0.5, 0.6) is 0 Å². The molecule has 23 heavy (non-hydrogen) atoms. The van der Waals surface area contributed by atoms with Crippen molar-refractivity contribution >= 4 is 25.6 Å². The molecule has 0 radical (unpaired) electrons. The molecule has 5 nitrogen and oxygen atoms in total. The molecule has 0 amide bonds. The Morgan fingerprint density at radius 1 is 1.39 bits per heavy atom. The number of benzene rings is 1. The van der Waals surface area contributed by atoms with Gasteiger partial charge < -0.3 is 9.74 Å². The number of nitro groups is 1. The number of nitrogens with zero attached hydrogens (tertiary/aromatic N) is 1. The van der Waals surface area contributed by atoms with Crippen molar-refractivity contribution in [3.63, 3.8) is 0 Å². The molecule has 1 aromatic rings. The van der Waals surface area contributed by atoms with Crippen LogP contribution in [0.2, 0.25) is 23.2 Å². The SMILES string of the molecule is CC(CNCc1ccc(Cl)cc1[N+](=O)[O-])O[Si](C)(C)C(C)(C)C. The molecule has 0 saturated heterocycles. The second kappa shape index (κ2) is 7.74. The van der Waals surface area contributed by atoms with Crippen LogP contribution in [-0.2, 0) is 11.0 Å². The van der Waals surface area contributed by atoms with Gasteiger partial charge in [0.05, 0.1) is 11.0 Å². The second-order valence-corrected chi connectivity index (χ2v) is 12.5. The van der Waals surface area contributed by atoms with E-state index in [9.17, 15) is 10.1 Å². The van der Waals surface area contributed by atoms with Gasteiger partial charge in [-0.05, 0) is 37.2 Å². The zero-order valence-electron chi connectivity index (χ0n) is 14.8. The van der Waals surface area contributed by atoms with Crippen molar-refractivity contribution in [3.05, 3.63) is 38.9 Å². The summed E-state index contributed by atoms with van der Waals surface area (Å²) in [6, 6.07) is 4.74. The topological polar surface area (TPSA) is 64.4 Å². The maximum Gasteiger partial charge on any atom is 0.275 e. The van der Waals surface area contributed by atoms with Crippen molar-refractivity contribution < 1.29 is 9.35 Å². The lowest BCUT2D eigenvalue weighted by Gasteiger charge is -2.38. The van der Waals surface area contributed by atoms with Gasteiger partial charge >= 0.3 is 0 Å². The molecule has 0 aliphatic carbocycles. The zero-order valence-corrected chi connectivity index (χ0v) is 16.5. The van der Waals surface area contributed by atoms with E-state index in [4.69, 9.17) is 16.0 Å². The van der Waals surface area contributed by atoms with Gasteiger partial charge in [-0.3, -0.25) is 10.1 Å². The van der Waals surface area contributed by atoms with Crippen LogP contribution in [0.1, 0.15) is 33.3 Å². The summed E-state index contributed by atoms with van der Waals surface area (Å²) in [5.74, 6) is 0. The fourth-order valence-electron chi connectivity index (χ4n) is 1.99. The first-order chi connectivity index (χ1) is 10.4. The third-order valence-corrected chi connectivity index (χ3v) is 9.13. The largest absolute Gasteiger partial charge is 0.413 e. The van der Waals surface area contributed by atoms with Gasteiger partial charge in [-0.25, -0.2) is 0 Å². The van der Waals surface area contributed by atoms with E-state index < -0.39 is 13.2 Å². The van der Waals surface area contributed by atoms with Crippen LogP contribution >= 0.6 is 11.6 Å². The monoisotopic (exact) mass is 358 g/mol. The normalized spacial score (nSPS) is 13.9. The molecule has 0 spiro atoms. The molecular weight excluding hydrogens is 332 g/mol. The summed E-state index contributed by atoms with van der Waals surface area (Å²) >= 11 is 5.82. The minimum atomic E-state index is -1.80. The average molecular weight is 359 g/mol. The number of hydrogen-bond donors (Lipinski definition) is 1. The summed E-state index contributed by atoms with van der Waals surface area (Å²) in [5.41, 5.74) is 0.668. The summed E-state index contributed by atoms with van der Waals surface area (Å²) in [4.78, 5) is 10.7. The minimum Gasteiger partial charge on any atom is -0.413 e. The van der Waals surface area contributed by atoms with Crippen LogP contribution < -0.4 is 5.32 Å². The molecule has 0 bridgehead atoms. The lowest BCUT2D eigenvalue weighted by Crippen LogP contribution is -2.45. The van der Waals surface area contributed by atoms with Gasteiger partial charge in [0.15, 0.2) is 8.32 Å². The lowest BCUT2D eigenvalue weighted by atomic mass is 10.2. The third kappa shape index (κ3) is 5.88. The molecule has 1 unspecified atom stereocenters. The molecule has 1 atom stereocenters. The Hall–Kier alpha value is -0.953. The third-order valence-electron chi connectivity index (χ3n) is 4.29. The van der Waals surface area contributed by atoms with Crippen molar-refractivity contribution in [1.82, 2.24) is 5.32 Å². The molecule has 1 N–H and O–H groups in total. The summed E-state index contributed by atoms with van der Waals surface area (Å²) in [7, 11) is -1.80. The second-order valence-electron chi connectivity index (χ2n) is 7.35. The highest BCUT2D eigenvalue weighted by Gasteiger charge is 2.38. The molecule has 0 heterocycles. The lowest BCUT2D eigenvalue weighted by molar-refractivity contribution is -0.385. The Morgan fingerprint density at radius 2 is 2.00 bits per heavy atom. The van der Waals surface area contributed by atoms with Gasteiger partial charge in [0.2, 0.25) is 0 Å². The fraction of sp³-hybridized carbons (Fsp3) is 0.625. The molecule has 0 aliphatic heterocycles. The summed E-state index contributed by atoms with van der Waals surface area (Å²) in [6.45, 7) is 14.1. The minimum absolute atomic E-state index is 0.0444. The number of rotatable bonds is 7. The first-order valence-corrected chi connectivity index (χ1v) is 11.0. The Bertz CT molecular complexity index is 559. The van der Waals surface area contributed by atoms with Gasteiger partial charge in [-0.2, -0.15) is 0 Å². The smallest absolute Gasteiger partial charge is 0.275 e. The van der Waals surface area contributed by atoms with Crippen LogP contribution in [0.4, 0.5) is 5.69 Å². The quantitative estimate of drug-likeness (QED) is 0.434. The maximum absolute atomic E-state index is 11.1. The fourth-order valence-corrected chi connectivity index (χ4v) is 3.60. The van der Waals surface area contributed by atoms with E-state index in [2.05, 4.69) is 39.2 Å². The van der Waals surface area contributed by atoms with Crippen LogP contribution in [0.25, 0.3) is 0 Å². The highest BCUT2D eigenvalue weighted by atomic mass is 35.5. The standard InChI is InChI=1S/C16H27ClN2O3Si/c1-12(22-23(5,6)16(2,3)4)10-18-11-13-7-8-14(17)9-15(13)19(20)21/h7-9,12,18H,10-11H2,1-6H3. The van der Waals surface area contributed by atoms with Crippen molar-refractivity contribution in [2.45, 2.75) is 58.5 Å². The van der Waals surface area contributed by atoms with E-state index in [0.29, 0.717) is 23.7 Å². The molecule has 1 aromatic carbocycles. The Labute approximate surface area is 144 Å². The van der Waals surface area contributed by atoms with E-state index in [-0.39, 0.29) is 16.8 Å². The van der Waals surface area contributed by atoms with Gasteiger partial charge in [0.1, 0.15) is 0 Å². The van der Waals surface area contributed by atoms with E-state index in [0.717, 1.165) is 0 Å². The van der Waals surface area contributed by atoms with Crippen LogP contribution in [0, 0.1) is 10.1 Å². The molecule has 0 fully saturated rings. The van der Waals surface area contributed by atoms with Crippen LogP contribution in [0.3, 0.4) is 0 Å². The van der Waals surface area contributed by atoms with E-state index in [1.165, 1.54) is 6.07 Å². The van der Waals surface area contributed by atoms with Crippen molar-refractivity contribution in [2.75, 3.05) is 6.54 Å². The molecular formula is C16H27ClN2O3Si.